The van der Waals surface area contributed by atoms with E-state index in [0.29, 0.717) is 18.4 Å². The molecule has 0 radical (unpaired) electrons. The summed E-state index contributed by atoms with van der Waals surface area (Å²) in [4.78, 5) is 11.2. The summed E-state index contributed by atoms with van der Waals surface area (Å²) in [5.41, 5.74) is 5.34. The molecule has 4 N–H and O–H groups in total. The van der Waals surface area contributed by atoms with Crippen molar-refractivity contribution in [3.63, 3.8) is 0 Å². The van der Waals surface area contributed by atoms with Crippen molar-refractivity contribution in [1.29, 1.82) is 0 Å². The molecule has 0 fully saturated rings. The summed E-state index contributed by atoms with van der Waals surface area (Å²) >= 11 is 0. The highest BCUT2D eigenvalue weighted by Gasteiger charge is 2.12. The molecular weight excluding hydrogens is 180 g/mol. The van der Waals surface area contributed by atoms with Crippen LogP contribution in [0.25, 0.3) is 0 Å². The number of rotatable bonds is 6. The zero-order valence-corrected chi connectivity index (χ0v) is 9.29. The molecule has 84 valence electrons. The van der Waals surface area contributed by atoms with Gasteiger partial charge in [0, 0.05) is 6.54 Å². The Morgan fingerprint density at radius 1 is 1.43 bits per heavy atom. The van der Waals surface area contributed by atoms with Gasteiger partial charge in [0.2, 0.25) is 5.91 Å². The molecule has 1 unspecified atom stereocenters. The molecule has 1 amide bonds. The molecule has 0 aromatic heterocycles. The summed E-state index contributed by atoms with van der Waals surface area (Å²) < 4.78 is 0. The van der Waals surface area contributed by atoms with Crippen molar-refractivity contribution in [2.45, 2.75) is 33.2 Å². The molecule has 14 heavy (non-hydrogen) atoms. The van der Waals surface area contributed by atoms with E-state index in [0.717, 1.165) is 6.42 Å². The fourth-order valence-corrected chi connectivity index (χ4v) is 1.38. The topological polar surface area (TPSA) is 75.4 Å². The molecule has 0 saturated carbocycles. The van der Waals surface area contributed by atoms with Crippen LogP contribution in [0.1, 0.15) is 27.2 Å². The monoisotopic (exact) mass is 202 g/mol. The number of aliphatic hydroxyl groups excluding tert-OH is 1. The van der Waals surface area contributed by atoms with E-state index in [1.807, 2.05) is 0 Å². The number of aliphatic hydroxyl groups is 1. The van der Waals surface area contributed by atoms with Crippen LogP contribution in [0.4, 0.5) is 0 Å². The first-order chi connectivity index (χ1) is 6.47. The second-order valence-corrected chi connectivity index (χ2v) is 4.27. The van der Waals surface area contributed by atoms with Crippen LogP contribution in [0.5, 0.6) is 0 Å². The Morgan fingerprint density at radius 3 is 2.43 bits per heavy atom. The molecule has 0 spiro atoms. The molecule has 4 nitrogen and oxygen atoms in total. The largest absolute Gasteiger partial charge is 0.394 e. The van der Waals surface area contributed by atoms with Crippen molar-refractivity contribution in [1.82, 2.24) is 5.32 Å². The lowest BCUT2D eigenvalue weighted by atomic mass is 9.99. The van der Waals surface area contributed by atoms with E-state index >= 15 is 0 Å². The van der Waals surface area contributed by atoms with E-state index in [4.69, 9.17) is 10.8 Å². The third-order valence-corrected chi connectivity index (χ3v) is 2.03. The van der Waals surface area contributed by atoms with Crippen molar-refractivity contribution in [3.05, 3.63) is 0 Å². The lowest BCUT2D eigenvalue weighted by Crippen LogP contribution is -2.44. The van der Waals surface area contributed by atoms with Crippen LogP contribution in [-0.2, 0) is 4.79 Å². The normalized spacial score (nSPS) is 15.3. The minimum atomic E-state index is -0.791. The lowest BCUT2D eigenvalue weighted by molar-refractivity contribution is -0.123. The minimum Gasteiger partial charge on any atom is -0.394 e. The first-order valence-electron chi connectivity index (χ1n) is 5.11. The number of hydrogen-bond donors (Lipinski definition) is 3. The number of amides is 1. The number of carbonyl (C=O) groups is 1. The van der Waals surface area contributed by atoms with Crippen molar-refractivity contribution in [3.8, 4) is 0 Å². The smallest absolute Gasteiger partial charge is 0.239 e. The van der Waals surface area contributed by atoms with Crippen LogP contribution in [0.15, 0.2) is 0 Å². The summed E-state index contributed by atoms with van der Waals surface area (Å²) in [5, 5.41) is 11.3. The van der Waals surface area contributed by atoms with Crippen LogP contribution in [-0.4, -0.2) is 30.2 Å². The zero-order chi connectivity index (χ0) is 11.1. The first-order valence-corrected chi connectivity index (χ1v) is 5.11. The van der Waals surface area contributed by atoms with Gasteiger partial charge in [-0.1, -0.05) is 20.8 Å². The van der Waals surface area contributed by atoms with E-state index in [9.17, 15) is 4.79 Å². The molecule has 0 saturated heterocycles. The molecule has 2 atom stereocenters. The molecule has 0 rings (SSSR count). The number of hydrogen-bond acceptors (Lipinski definition) is 3. The van der Waals surface area contributed by atoms with E-state index in [-0.39, 0.29) is 12.5 Å². The van der Waals surface area contributed by atoms with Gasteiger partial charge in [-0.05, 0) is 18.3 Å². The Labute approximate surface area is 85.9 Å². The van der Waals surface area contributed by atoms with Gasteiger partial charge in [0.25, 0.3) is 0 Å². The number of nitrogens with two attached hydrogens (primary N) is 1. The molecule has 0 aromatic rings. The predicted molar refractivity (Wildman–Crippen MR) is 56.7 cm³/mol. The molecule has 0 aliphatic carbocycles. The standard InChI is InChI=1S/C10H22N2O2/c1-7(2)4-8(3)5-12-10(14)9(11)6-13/h7-9,13H,4-6,11H2,1-3H3,(H,12,14)/t8?,9-/m1/s1. The van der Waals surface area contributed by atoms with Crippen LogP contribution in [0.3, 0.4) is 0 Å². The summed E-state index contributed by atoms with van der Waals surface area (Å²) in [6, 6.07) is -0.791. The van der Waals surface area contributed by atoms with Gasteiger partial charge in [-0.2, -0.15) is 0 Å². The maximum absolute atomic E-state index is 11.2. The number of carbonyl (C=O) groups excluding carboxylic acids is 1. The highest BCUT2D eigenvalue weighted by atomic mass is 16.3. The third-order valence-electron chi connectivity index (χ3n) is 2.03. The second-order valence-electron chi connectivity index (χ2n) is 4.27. The quantitative estimate of drug-likeness (QED) is 0.572. The van der Waals surface area contributed by atoms with Crippen molar-refractivity contribution >= 4 is 5.91 Å². The molecule has 0 heterocycles. The van der Waals surface area contributed by atoms with Crippen LogP contribution < -0.4 is 11.1 Å². The maximum atomic E-state index is 11.2. The van der Waals surface area contributed by atoms with Crippen molar-refractivity contribution in [2.75, 3.05) is 13.2 Å². The summed E-state index contributed by atoms with van der Waals surface area (Å²) in [6.45, 7) is 6.72. The van der Waals surface area contributed by atoms with E-state index < -0.39 is 6.04 Å². The van der Waals surface area contributed by atoms with E-state index in [1.165, 1.54) is 0 Å². The van der Waals surface area contributed by atoms with E-state index in [2.05, 4.69) is 26.1 Å². The van der Waals surface area contributed by atoms with Gasteiger partial charge < -0.3 is 16.2 Å². The second kappa shape index (κ2) is 6.79. The van der Waals surface area contributed by atoms with Gasteiger partial charge in [0.15, 0.2) is 0 Å². The van der Waals surface area contributed by atoms with Crippen LogP contribution in [0.2, 0.25) is 0 Å². The molecule has 0 aliphatic rings. The fraction of sp³-hybridized carbons (Fsp3) is 0.900. The van der Waals surface area contributed by atoms with Gasteiger partial charge in [-0.3, -0.25) is 4.79 Å². The van der Waals surface area contributed by atoms with Crippen molar-refractivity contribution < 1.29 is 9.90 Å². The lowest BCUT2D eigenvalue weighted by Gasteiger charge is -2.16. The molecule has 0 aliphatic heterocycles. The highest BCUT2D eigenvalue weighted by molar-refractivity contribution is 5.81. The maximum Gasteiger partial charge on any atom is 0.239 e. The highest BCUT2D eigenvalue weighted by Crippen LogP contribution is 2.09. The zero-order valence-electron chi connectivity index (χ0n) is 9.29. The molecule has 0 aromatic carbocycles. The fourth-order valence-electron chi connectivity index (χ4n) is 1.38. The van der Waals surface area contributed by atoms with Gasteiger partial charge in [0.1, 0.15) is 6.04 Å². The van der Waals surface area contributed by atoms with Gasteiger partial charge in [-0.15, -0.1) is 0 Å². The first kappa shape index (κ1) is 13.4. The Morgan fingerprint density at radius 2 is 2.00 bits per heavy atom. The van der Waals surface area contributed by atoms with Crippen molar-refractivity contribution in [2.24, 2.45) is 17.6 Å². The average Bonchev–Trinajstić information content (AvgIpc) is 2.11. The van der Waals surface area contributed by atoms with Crippen LogP contribution in [0, 0.1) is 11.8 Å². The SMILES string of the molecule is CC(C)CC(C)CNC(=O)[C@H](N)CO. The van der Waals surface area contributed by atoms with E-state index in [1.54, 1.807) is 0 Å². The van der Waals surface area contributed by atoms with Gasteiger partial charge >= 0.3 is 0 Å². The Balaban J connectivity index is 3.66. The average molecular weight is 202 g/mol. The van der Waals surface area contributed by atoms with Gasteiger partial charge in [-0.25, -0.2) is 0 Å². The Bertz CT molecular complexity index is 172. The minimum absolute atomic E-state index is 0.275. The summed E-state index contributed by atoms with van der Waals surface area (Å²) in [7, 11) is 0. The Hall–Kier alpha value is -0.610. The summed E-state index contributed by atoms with van der Waals surface area (Å²) in [5.74, 6) is 0.807. The number of nitrogens with one attached hydrogen (secondary N) is 1. The molecule has 4 heteroatoms. The summed E-state index contributed by atoms with van der Waals surface area (Å²) in [6.07, 6.45) is 1.08. The van der Waals surface area contributed by atoms with Gasteiger partial charge in [0.05, 0.1) is 6.61 Å². The molecular formula is C10H22N2O2. The third kappa shape index (κ3) is 5.94. The van der Waals surface area contributed by atoms with Crippen LogP contribution >= 0.6 is 0 Å². The Kier molecular flexibility index (Phi) is 6.49. The predicted octanol–water partition coefficient (Wildman–Crippen LogP) is 0.104. The molecule has 0 bridgehead atoms.